The number of benzene rings is 2. The van der Waals surface area contributed by atoms with Crippen LogP contribution < -0.4 is 15.1 Å². The van der Waals surface area contributed by atoms with E-state index in [1.54, 1.807) is 0 Å². The van der Waals surface area contributed by atoms with Crippen molar-refractivity contribution < 1.29 is 4.74 Å². The van der Waals surface area contributed by atoms with Crippen molar-refractivity contribution >= 4 is 11.4 Å². The molecule has 2 aromatic carbocycles. The van der Waals surface area contributed by atoms with Crippen molar-refractivity contribution in [2.45, 2.75) is 39.0 Å². The first-order valence-corrected chi connectivity index (χ1v) is 11.5. The van der Waals surface area contributed by atoms with Crippen LogP contribution in [0.15, 0.2) is 42.5 Å². The average molecular weight is 408 g/mol. The number of rotatable bonds is 5. The second-order valence-corrected chi connectivity index (χ2v) is 9.44. The third-order valence-corrected chi connectivity index (χ3v) is 6.80. The Hall–Kier alpha value is -2.04. The number of ether oxygens (including phenoxy) is 1. The molecule has 162 valence electrons. The van der Waals surface area contributed by atoms with Crippen molar-refractivity contribution in [3.8, 4) is 0 Å². The summed E-state index contributed by atoms with van der Waals surface area (Å²) in [6.45, 7) is 17.2. The molecule has 0 aliphatic carbocycles. The molecule has 2 saturated heterocycles. The second kappa shape index (κ2) is 8.99. The molecule has 0 atom stereocenters. The van der Waals surface area contributed by atoms with E-state index in [1.165, 1.54) is 28.1 Å². The predicted molar refractivity (Wildman–Crippen MR) is 127 cm³/mol. The first kappa shape index (κ1) is 21.2. The summed E-state index contributed by atoms with van der Waals surface area (Å²) in [6, 6.07) is 16.3. The van der Waals surface area contributed by atoms with Crippen LogP contribution in [-0.4, -0.2) is 52.5 Å². The molecular weight excluding hydrogens is 370 g/mol. The monoisotopic (exact) mass is 407 g/mol. The Morgan fingerprint density at radius 2 is 1.47 bits per heavy atom. The highest BCUT2D eigenvalue weighted by atomic mass is 16.5. The van der Waals surface area contributed by atoms with Gasteiger partial charge in [-0.05, 0) is 40.8 Å². The van der Waals surface area contributed by atoms with E-state index in [9.17, 15) is 0 Å². The Morgan fingerprint density at radius 1 is 0.833 bits per heavy atom. The Labute approximate surface area is 182 Å². The van der Waals surface area contributed by atoms with E-state index in [-0.39, 0.29) is 5.41 Å². The minimum absolute atomic E-state index is 0.0398. The van der Waals surface area contributed by atoms with Crippen molar-refractivity contribution in [1.82, 2.24) is 5.32 Å². The molecule has 2 aliphatic rings. The molecule has 0 radical (unpaired) electrons. The lowest BCUT2D eigenvalue weighted by atomic mass is 9.77. The van der Waals surface area contributed by atoms with E-state index in [1.807, 2.05) is 0 Å². The van der Waals surface area contributed by atoms with E-state index in [4.69, 9.17) is 4.74 Å². The Balaban J connectivity index is 1.62. The molecule has 2 heterocycles. The van der Waals surface area contributed by atoms with E-state index >= 15 is 0 Å². The molecule has 30 heavy (non-hydrogen) atoms. The number of nitrogens with one attached hydrogen (secondary N) is 1. The number of nitrogens with zero attached hydrogens (tertiary/aromatic N) is 2. The summed E-state index contributed by atoms with van der Waals surface area (Å²) in [6.07, 6.45) is 0. The molecule has 0 saturated carbocycles. The van der Waals surface area contributed by atoms with Crippen molar-refractivity contribution in [2.24, 2.45) is 0 Å². The summed E-state index contributed by atoms with van der Waals surface area (Å²) in [4.78, 5) is 4.98. The summed E-state index contributed by atoms with van der Waals surface area (Å²) in [7, 11) is 0. The lowest BCUT2D eigenvalue weighted by Gasteiger charge is -2.34. The minimum Gasteiger partial charge on any atom is -0.378 e. The number of morpholine rings is 1. The maximum Gasteiger partial charge on any atom is 0.0642 e. The van der Waals surface area contributed by atoms with Crippen LogP contribution in [0.1, 0.15) is 50.3 Å². The van der Waals surface area contributed by atoms with Crippen molar-refractivity contribution in [3.05, 3.63) is 59.2 Å². The Morgan fingerprint density at radius 3 is 2.10 bits per heavy atom. The predicted octanol–water partition coefficient (Wildman–Crippen LogP) is 4.38. The van der Waals surface area contributed by atoms with Gasteiger partial charge in [0.15, 0.2) is 0 Å². The number of anilines is 2. The highest BCUT2D eigenvalue weighted by Crippen LogP contribution is 2.37. The molecule has 4 nitrogen and oxygen atoms in total. The van der Waals surface area contributed by atoms with Gasteiger partial charge in [0.1, 0.15) is 0 Å². The van der Waals surface area contributed by atoms with Crippen LogP contribution >= 0.6 is 0 Å². The Kier molecular flexibility index (Phi) is 6.35. The fourth-order valence-electron chi connectivity index (χ4n) is 4.68. The largest absolute Gasteiger partial charge is 0.378 e. The number of hydrogen-bond acceptors (Lipinski definition) is 4. The van der Waals surface area contributed by atoms with Crippen LogP contribution in [0.4, 0.5) is 11.4 Å². The van der Waals surface area contributed by atoms with E-state index in [0.717, 1.165) is 52.5 Å². The smallest absolute Gasteiger partial charge is 0.0642 e. The van der Waals surface area contributed by atoms with Gasteiger partial charge in [-0.15, -0.1) is 0 Å². The average Bonchev–Trinajstić information content (AvgIpc) is 2.80. The SMILES string of the molecule is CC(C)c1ccc(C(C)(C)c2ccc(N3CCOCC3)cc2)cc1N1CCNCC1. The van der Waals surface area contributed by atoms with Crippen LogP contribution in [0.2, 0.25) is 0 Å². The summed E-state index contributed by atoms with van der Waals surface area (Å²) >= 11 is 0. The molecule has 0 amide bonds. The van der Waals surface area contributed by atoms with Gasteiger partial charge >= 0.3 is 0 Å². The zero-order valence-corrected chi connectivity index (χ0v) is 19.1. The van der Waals surface area contributed by atoms with Gasteiger partial charge in [0.2, 0.25) is 0 Å². The summed E-state index contributed by atoms with van der Waals surface area (Å²) in [5.41, 5.74) is 6.89. The van der Waals surface area contributed by atoms with Crippen LogP contribution in [0, 0.1) is 0 Å². The van der Waals surface area contributed by atoms with Gasteiger partial charge in [-0.1, -0.05) is 52.0 Å². The lowest BCUT2D eigenvalue weighted by molar-refractivity contribution is 0.122. The first-order valence-electron chi connectivity index (χ1n) is 11.5. The zero-order chi connectivity index (χ0) is 21.1. The fraction of sp³-hybridized carbons (Fsp3) is 0.538. The molecule has 1 N–H and O–H groups in total. The fourth-order valence-corrected chi connectivity index (χ4v) is 4.68. The molecule has 2 aromatic rings. The van der Waals surface area contributed by atoms with Gasteiger partial charge in [-0.2, -0.15) is 0 Å². The molecule has 0 bridgehead atoms. The van der Waals surface area contributed by atoms with Gasteiger partial charge in [0.05, 0.1) is 13.2 Å². The van der Waals surface area contributed by atoms with Crippen molar-refractivity contribution in [1.29, 1.82) is 0 Å². The highest BCUT2D eigenvalue weighted by molar-refractivity contribution is 5.60. The van der Waals surface area contributed by atoms with E-state index in [2.05, 4.69) is 85.3 Å². The van der Waals surface area contributed by atoms with E-state index in [0.29, 0.717) is 5.92 Å². The molecular formula is C26H37N3O. The van der Waals surface area contributed by atoms with Crippen LogP contribution in [0.3, 0.4) is 0 Å². The maximum absolute atomic E-state index is 5.49. The third-order valence-electron chi connectivity index (χ3n) is 6.80. The first-order chi connectivity index (χ1) is 14.5. The molecule has 4 heteroatoms. The normalized spacial score (nSPS) is 18.2. The quantitative estimate of drug-likeness (QED) is 0.796. The molecule has 4 rings (SSSR count). The molecule has 2 aliphatic heterocycles. The van der Waals surface area contributed by atoms with Gasteiger partial charge in [0, 0.05) is 56.1 Å². The van der Waals surface area contributed by atoms with Crippen LogP contribution in [0.5, 0.6) is 0 Å². The maximum atomic E-state index is 5.49. The molecule has 0 unspecified atom stereocenters. The minimum atomic E-state index is -0.0398. The second-order valence-electron chi connectivity index (χ2n) is 9.44. The number of hydrogen-bond donors (Lipinski definition) is 1. The van der Waals surface area contributed by atoms with Crippen LogP contribution in [0.25, 0.3) is 0 Å². The topological polar surface area (TPSA) is 27.7 Å². The van der Waals surface area contributed by atoms with Crippen LogP contribution in [-0.2, 0) is 10.2 Å². The van der Waals surface area contributed by atoms with Crippen molar-refractivity contribution in [3.63, 3.8) is 0 Å². The standard InChI is InChI=1S/C26H37N3O/c1-20(2)24-10-7-22(19-25(24)29-13-11-27-12-14-29)26(3,4)21-5-8-23(9-6-21)28-15-17-30-18-16-28/h5-10,19-20,27H,11-18H2,1-4H3. The third kappa shape index (κ3) is 4.35. The van der Waals surface area contributed by atoms with Crippen molar-refractivity contribution in [2.75, 3.05) is 62.3 Å². The summed E-state index contributed by atoms with van der Waals surface area (Å²) in [5, 5.41) is 3.48. The number of piperazine rings is 1. The molecule has 2 fully saturated rings. The van der Waals surface area contributed by atoms with E-state index < -0.39 is 0 Å². The highest BCUT2D eigenvalue weighted by Gasteiger charge is 2.26. The summed E-state index contributed by atoms with van der Waals surface area (Å²) in [5.74, 6) is 0.528. The Bertz CT molecular complexity index is 832. The van der Waals surface area contributed by atoms with Gasteiger partial charge < -0.3 is 19.9 Å². The molecule has 0 spiro atoms. The van der Waals surface area contributed by atoms with Gasteiger partial charge in [-0.3, -0.25) is 0 Å². The van der Waals surface area contributed by atoms with Gasteiger partial charge in [0.25, 0.3) is 0 Å². The van der Waals surface area contributed by atoms with Gasteiger partial charge in [-0.25, -0.2) is 0 Å². The summed E-state index contributed by atoms with van der Waals surface area (Å²) < 4.78 is 5.49. The zero-order valence-electron chi connectivity index (χ0n) is 19.1. The lowest BCUT2D eigenvalue weighted by Crippen LogP contribution is -2.44. The molecule has 0 aromatic heterocycles.